The zero-order valence-electron chi connectivity index (χ0n) is 9.56. The maximum atomic E-state index is 11.7. The van der Waals surface area contributed by atoms with E-state index in [9.17, 15) is 9.59 Å². The van der Waals surface area contributed by atoms with Crippen LogP contribution >= 0.6 is 11.3 Å². The van der Waals surface area contributed by atoms with Crippen molar-refractivity contribution in [3.8, 4) is 0 Å². The summed E-state index contributed by atoms with van der Waals surface area (Å²) in [6.45, 7) is 1.96. The summed E-state index contributed by atoms with van der Waals surface area (Å²) < 4.78 is 4.58. The molecule has 88 valence electrons. The van der Waals surface area contributed by atoms with E-state index in [4.69, 9.17) is 0 Å². The molecule has 0 spiro atoms. The number of Topliss-reactive ketones (excluding diaryl/α,β-unsaturated/α-hetero) is 1. The van der Waals surface area contributed by atoms with Crippen LogP contribution in [0, 0.1) is 5.92 Å². The van der Waals surface area contributed by atoms with E-state index in [0.29, 0.717) is 12.8 Å². The highest BCUT2D eigenvalue weighted by atomic mass is 32.1. The fourth-order valence-electron chi connectivity index (χ4n) is 1.41. The molecule has 3 nitrogen and oxygen atoms in total. The van der Waals surface area contributed by atoms with Crippen LogP contribution in [0.3, 0.4) is 0 Å². The van der Waals surface area contributed by atoms with Gasteiger partial charge in [-0.2, -0.15) is 0 Å². The number of methoxy groups -OCH3 is 1. The first-order chi connectivity index (χ1) is 7.63. The molecule has 0 saturated heterocycles. The first-order valence-corrected chi connectivity index (χ1v) is 6.15. The Morgan fingerprint density at radius 3 is 2.81 bits per heavy atom. The molecule has 1 atom stereocenters. The molecule has 1 aromatic rings. The molecule has 0 aromatic carbocycles. The molecule has 0 bridgehead atoms. The monoisotopic (exact) mass is 240 g/mol. The van der Waals surface area contributed by atoms with Crippen LogP contribution in [-0.4, -0.2) is 18.9 Å². The number of thiophene rings is 1. The van der Waals surface area contributed by atoms with Gasteiger partial charge in [0, 0.05) is 12.8 Å². The number of ether oxygens (including phenoxy) is 1. The summed E-state index contributed by atoms with van der Waals surface area (Å²) in [6.07, 6.45) is 1.61. The Labute approximate surface area is 99.4 Å². The summed E-state index contributed by atoms with van der Waals surface area (Å²) in [7, 11) is 1.38. The van der Waals surface area contributed by atoms with Gasteiger partial charge in [-0.3, -0.25) is 9.59 Å². The van der Waals surface area contributed by atoms with Crippen molar-refractivity contribution in [1.29, 1.82) is 0 Å². The van der Waals surface area contributed by atoms with Gasteiger partial charge in [-0.15, -0.1) is 11.3 Å². The molecule has 0 N–H and O–H groups in total. The second-order valence-corrected chi connectivity index (χ2v) is 4.77. The second-order valence-electron chi connectivity index (χ2n) is 3.82. The van der Waals surface area contributed by atoms with E-state index in [1.54, 1.807) is 0 Å². The molecule has 1 rings (SSSR count). The van der Waals surface area contributed by atoms with Gasteiger partial charge in [0.25, 0.3) is 0 Å². The maximum Gasteiger partial charge on any atom is 0.305 e. The molecular weight excluding hydrogens is 224 g/mol. The molecule has 1 heterocycles. The number of hydrogen-bond donors (Lipinski definition) is 0. The van der Waals surface area contributed by atoms with E-state index in [0.717, 1.165) is 11.3 Å². The SMILES string of the molecule is COC(=O)CC(C)CCC(=O)c1cccs1. The van der Waals surface area contributed by atoms with Crippen molar-refractivity contribution in [2.75, 3.05) is 7.11 Å². The van der Waals surface area contributed by atoms with Crippen LogP contribution < -0.4 is 0 Å². The number of carbonyl (C=O) groups excluding carboxylic acids is 2. The quantitative estimate of drug-likeness (QED) is 0.567. The molecule has 1 aromatic heterocycles. The summed E-state index contributed by atoms with van der Waals surface area (Å²) in [5.74, 6) is 0.138. The number of ketones is 1. The normalized spacial score (nSPS) is 12.1. The Morgan fingerprint density at radius 1 is 1.50 bits per heavy atom. The molecule has 0 aliphatic heterocycles. The fraction of sp³-hybridized carbons (Fsp3) is 0.500. The van der Waals surface area contributed by atoms with E-state index in [1.807, 2.05) is 24.4 Å². The van der Waals surface area contributed by atoms with Crippen molar-refractivity contribution in [3.63, 3.8) is 0 Å². The predicted molar refractivity (Wildman–Crippen MR) is 63.7 cm³/mol. The fourth-order valence-corrected chi connectivity index (χ4v) is 2.10. The first kappa shape index (κ1) is 12.9. The van der Waals surface area contributed by atoms with Gasteiger partial charge in [-0.1, -0.05) is 13.0 Å². The van der Waals surface area contributed by atoms with Crippen molar-refractivity contribution in [2.45, 2.75) is 26.2 Å². The Balaban J connectivity index is 2.29. The topological polar surface area (TPSA) is 43.4 Å². The van der Waals surface area contributed by atoms with Crippen LogP contribution in [0.4, 0.5) is 0 Å². The Bertz CT molecular complexity index is 343. The van der Waals surface area contributed by atoms with Gasteiger partial charge in [0.2, 0.25) is 0 Å². The number of carbonyl (C=O) groups is 2. The third-order valence-electron chi connectivity index (χ3n) is 2.40. The van der Waals surface area contributed by atoms with Gasteiger partial charge in [0.05, 0.1) is 12.0 Å². The predicted octanol–water partition coefficient (Wildman–Crippen LogP) is 2.91. The minimum Gasteiger partial charge on any atom is -0.469 e. The second kappa shape index (κ2) is 6.43. The number of hydrogen-bond acceptors (Lipinski definition) is 4. The third-order valence-corrected chi connectivity index (χ3v) is 3.31. The summed E-state index contributed by atoms with van der Waals surface area (Å²) in [5.41, 5.74) is 0. The van der Waals surface area contributed by atoms with E-state index in [-0.39, 0.29) is 17.7 Å². The third kappa shape index (κ3) is 4.14. The van der Waals surface area contributed by atoms with Crippen molar-refractivity contribution >= 4 is 23.1 Å². The van der Waals surface area contributed by atoms with Crippen LogP contribution in [0.1, 0.15) is 35.9 Å². The maximum absolute atomic E-state index is 11.7. The Morgan fingerprint density at radius 2 is 2.25 bits per heavy atom. The minimum atomic E-state index is -0.212. The van der Waals surface area contributed by atoms with Crippen LogP contribution in [-0.2, 0) is 9.53 Å². The largest absolute Gasteiger partial charge is 0.469 e. The van der Waals surface area contributed by atoms with Crippen molar-refractivity contribution < 1.29 is 14.3 Å². The minimum absolute atomic E-state index is 0.159. The Hall–Kier alpha value is -1.16. The number of esters is 1. The van der Waals surface area contributed by atoms with Gasteiger partial charge in [-0.05, 0) is 23.8 Å². The lowest BCUT2D eigenvalue weighted by Gasteiger charge is -2.08. The van der Waals surface area contributed by atoms with Gasteiger partial charge in [0.15, 0.2) is 5.78 Å². The molecule has 0 saturated carbocycles. The molecular formula is C12H16O3S. The number of rotatable bonds is 6. The summed E-state index contributed by atoms with van der Waals surface area (Å²) >= 11 is 1.46. The van der Waals surface area contributed by atoms with Gasteiger partial charge in [-0.25, -0.2) is 0 Å². The van der Waals surface area contributed by atoms with E-state index >= 15 is 0 Å². The van der Waals surface area contributed by atoms with Crippen molar-refractivity contribution in [2.24, 2.45) is 5.92 Å². The zero-order valence-corrected chi connectivity index (χ0v) is 10.4. The van der Waals surface area contributed by atoms with Crippen molar-refractivity contribution in [3.05, 3.63) is 22.4 Å². The molecule has 4 heteroatoms. The summed E-state index contributed by atoms with van der Waals surface area (Å²) in [6, 6.07) is 3.70. The van der Waals surface area contributed by atoms with Crippen molar-refractivity contribution in [1.82, 2.24) is 0 Å². The van der Waals surface area contributed by atoms with Crippen LogP contribution in [0.15, 0.2) is 17.5 Å². The highest BCUT2D eigenvalue weighted by Gasteiger charge is 2.12. The van der Waals surface area contributed by atoms with Gasteiger partial charge in [0.1, 0.15) is 0 Å². The average molecular weight is 240 g/mol. The van der Waals surface area contributed by atoms with Crippen LogP contribution in [0.5, 0.6) is 0 Å². The average Bonchev–Trinajstić information content (AvgIpc) is 2.79. The van der Waals surface area contributed by atoms with E-state index < -0.39 is 0 Å². The summed E-state index contributed by atoms with van der Waals surface area (Å²) in [5, 5.41) is 1.89. The molecule has 16 heavy (non-hydrogen) atoms. The van der Waals surface area contributed by atoms with Crippen LogP contribution in [0.25, 0.3) is 0 Å². The lowest BCUT2D eigenvalue weighted by molar-refractivity contribution is -0.141. The molecule has 0 radical (unpaired) electrons. The molecule has 0 aliphatic rings. The lowest BCUT2D eigenvalue weighted by atomic mass is 10.00. The molecule has 1 unspecified atom stereocenters. The Kier molecular flexibility index (Phi) is 5.19. The van der Waals surface area contributed by atoms with Gasteiger partial charge < -0.3 is 4.74 Å². The smallest absolute Gasteiger partial charge is 0.305 e. The standard InChI is InChI=1S/C12H16O3S/c1-9(8-12(14)15-2)5-6-10(13)11-4-3-7-16-11/h3-4,7,9H,5-6,8H2,1-2H3. The lowest BCUT2D eigenvalue weighted by Crippen LogP contribution is -2.08. The molecule has 0 amide bonds. The highest BCUT2D eigenvalue weighted by molar-refractivity contribution is 7.12. The molecule has 0 fully saturated rings. The highest BCUT2D eigenvalue weighted by Crippen LogP contribution is 2.16. The first-order valence-electron chi connectivity index (χ1n) is 5.27. The van der Waals surface area contributed by atoms with Gasteiger partial charge >= 0.3 is 5.97 Å². The zero-order chi connectivity index (χ0) is 12.0. The van der Waals surface area contributed by atoms with E-state index in [2.05, 4.69) is 4.74 Å². The molecule has 0 aliphatic carbocycles. The van der Waals surface area contributed by atoms with Crippen LogP contribution in [0.2, 0.25) is 0 Å². The van der Waals surface area contributed by atoms with E-state index in [1.165, 1.54) is 18.4 Å². The summed E-state index contributed by atoms with van der Waals surface area (Å²) in [4.78, 5) is 23.4.